The van der Waals surface area contributed by atoms with Crippen molar-refractivity contribution >= 4 is 50.5 Å². The third kappa shape index (κ3) is 42.2. The maximum Gasteiger partial charge on any atom is 0.181 e. The molecular weight excluding hydrogens is 2650 g/mol. The number of aryl methyl sites for hydroxylation is 1. The van der Waals surface area contributed by atoms with E-state index in [2.05, 4.69) is 116 Å². The number of carbonyl (C=O) groups is 3. The number of aromatic nitrogens is 11. The van der Waals surface area contributed by atoms with E-state index < -0.39 is 11.9 Å². The first kappa shape index (κ1) is 111. The minimum Gasteiger partial charge on any atom is -0.512 e. The van der Waals surface area contributed by atoms with Crippen LogP contribution >= 0.6 is 0 Å². The Labute approximate surface area is 805 Å². The molecule has 9 aromatic heterocycles. The number of pyridine rings is 7. The van der Waals surface area contributed by atoms with Crippen LogP contribution in [-0.2, 0) is 135 Å². The van der Waals surface area contributed by atoms with Crippen LogP contribution in [0.3, 0.4) is 0 Å². The zero-order chi connectivity index (χ0) is 85.5. The van der Waals surface area contributed by atoms with Gasteiger partial charge in [0.2, 0.25) is 0 Å². The number of aliphatic hydroxyl groups is 3. The minimum atomic E-state index is -0.899. The van der Waals surface area contributed by atoms with E-state index in [1.165, 1.54) is 89.7 Å². The van der Waals surface area contributed by atoms with Crippen LogP contribution < -0.4 is 0 Å². The number of hydrogen-bond donors (Lipinski definition) is 3. The van der Waals surface area contributed by atoms with Crippen LogP contribution in [0.5, 0.6) is 0 Å². The van der Waals surface area contributed by atoms with Crippen molar-refractivity contribution in [2.45, 2.75) is 48.5 Å². The molecule has 0 saturated carbocycles. The summed E-state index contributed by atoms with van der Waals surface area (Å²) in [6, 6.07) is 99.6. The van der Waals surface area contributed by atoms with E-state index in [9.17, 15) is 27.6 Å². The van der Waals surface area contributed by atoms with E-state index in [1.807, 2.05) is 194 Å². The number of benzene rings is 7. The molecule has 9 heterocycles. The fourth-order valence-corrected chi connectivity index (χ4v) is 9.78. The van der Waals surface area contributed by atoms with E-state index in [1.54, 1.807) is 77.9 Å². The Morgan fingerprint density at radius 3 is 1.32 bits per heavy atom. The predicted octanol–water partition coefficient (Wildman–Crippen LogP) is 22.1. The number of ketones is 3. The fourth-order valence-electron chi connectivity index (χ4n) is 9.78. The molecule has 28 heteroatoms. The van der Waals surface area contributed by atoms with Crippen molar-refractivity contribution < 1.29 is 164 Å². The molecule has 16 rings (SSSR count). The van der Waals surface area contributed by atoms with Gasteiger partial charge in [0, 0.05) is 181 Å². The third-order valence-corrected chi connectivity index (χ3v) is 14.8. The van der Waals surface area contributed by atoms with Crippen molar-refractivity contribution in [1.82, 2.24) is 54.4 Å². The van der Waals surface area contributed by atoms with Gasteiger partial charge in [0.05, 0.1) is 47.3 Å². The standard InChI is InChI=1S/C15H10N.C13H9N2.2C12H7N2.C11H7FN.C10H5F2N2.C9H8N3.3C5H8O2.6Ir/c1-2-6-12(7-3-1)15-11-10-13-8-4-5-9-14(13)16-15;1-2-7-12(8-3-1)15-10-11-6-4-5-9-13(11)14-15;1-13-11-6-4-5-10(9-11)12-7-2-3-8-14-12;1-13-11-7-8-14-12(9-11)10-5-3-2-4-6-10;12-10-6-7-13-11(8-10)9-4-2-1-3-5-9;11-9-5-4-7(10(12)14-9)8-3-1-2-6-13-8;1-8-5-7-12(11-8)9-4-2-3-6-10-9;3*1-4(6)3-5(2)7;;;;;;/h1-6,8-11H;1-7,9-10H;2-4,6-9H;2-5,7-9H;1-4,6-8H;1-3,5-6H;2-6H,1H3;3*3,6H,1-2H3;;;;;;/q7*-1;;;;;;;;;. The monoisotopic (exact) mass is 2730 g/mol. The topological polar surface area (TPSA) is 246 Å². The smallest absolute Gasteiger partial charge is 0.181 e. The number of carbonyl (C=O) groups excluding carboxylic acids is 3. The molecule has 6 radical (unpaired) electrons. The van der Waals surface area contributed by atoms with Crippen LogP contribution in [0.2, 0.25) is 0 Å². The Kier molecular flexibility index (Phi) is 55.0. The summed E-state index contributed by atoms with van der Waals surface area (Å²) in [4.78, 5) is 64.9. The average Bonchev–Trinajstić information content (AvgIpc) is 1.81. The quantitative estimate of drug-likeness (QED) is 0.0499. The molecule has 125 heavy (non-hydrogen) atoms. The van der Waals surface area contributed by atoms with Gasteiger partial charge in [0.15, 0.2) is 23.0 Å². The van der Waals surface area contributed by atoms with Crippen molar-refractivity contribution in [1.29, 1.82) is 0 Å². The summed E-state index contributed by atoms with van der Waals surface area (Å²) in [5, 5.41) is 36.1. The summed E-state index contributed by atoms with van der Waals surface area (Å²) in [5.74, 6) is -1.45. The van der Waals surface area contributed by atoms with Gasteiger partial charge in [-0.2, -0.15) is 35.4 Å². The van der Waals surface area contributed by atoms with Crippen LogP contribution in [0.15, 0.2) is 340 Å². The molecule has 0 fully saturated rings. The summed E-state index contributed by atoms with van der Waals surface area (Å²) in [6.45, 7) is 24.3. The molecular formula is C97H77F3Ir6N13O6-7. The average molecular weight is 2730 g/mol. The molecule has 0 bridgehead atoms. The second-order valence-corrected chi connectivity index (χ2v) is 24.6. The summed E-state index contributed by atoms with van der Waals surface area (Å²) in [6.07, 6.45) is 16.6. The molecule has 0 aliphatic carbocycles. The number of halogens is 3. The molecule has 3 N–H and O–H groups in total. The van der Waals surface area contributed by atoms with Gasteiger partial charge in [-0.3, -0.25) is 39.0 Å². The Bertz CT molecular complexity index is 5840. The first-order valence-electron chi connectivity index (χ1n) is 36.1. The van der Waals surface area contributed by atoms with Crippen LogP contribution in [0.25, 0.3) is 99.3 Å². The number of rotatable bonds is 10. The number of aliphatic hydroxyl groups excluding tert-OH is 3. The first-order chi connectivity index (χ1) is 57.5. The Morgan fingerprint density at radius 1 is 0.400 bits per heavy atom. The second-order valence-electron chi connectivity index (χ2n) is 24.6. The molecule has 0 spiro atoms. The minimum absolute atomic E-state index is 0. The van der Waals surface area contributed by atoms with Gasteiger partial charge in [-0.1, -0.05) is 116 Å². The van der Waals surface area contributed by atoms with E-state index >= 15 is 0 Å². The zero-order valence-corrected chi connectivity index (χ0v) is 82.0. The predicted molar refractivity (Wildman–Crippen MR) is 456 cm³/mol. The van der Waals surface area contributed by atoms with Gasteiger partial charge in [0.25, 0.3) is 0 Å². The summed E-state index contributed by atoms with van der Waals surface area (Å²) < 4.78 is 41.9. The van der Waals surface area contributed by atoms with E-state index in [0.717, 1.165) is 79.0 Å². The number of allylic oxidation sites excluding steroid dienone is 6. The second kappa shape index (κ2) is 62.0. The number of hydrogen-bond acceptors (Lipinski definition) is 15. The van der Waals surface area contributed by atoms with Gasteiger partial charge in [-0.15, -0.1) is 150 Å². The van der Waals surface area contributed by atoms with E-state index in [4.69, 9.17) is 28.5 Å². The maximum absolute atomic E-state index is 13.1. The summed E-state index contributed by atoms with van der Waals surface area (Å²) >= 11 is 0. The SMILES string of the molecule is CC(=O)C=C(C)O.CC(=O)C=C(C)O.CC(=O)C=C(C)O.Cc1c[c-]n(-c2ccccn2)n1.Fc1c[c-]c(-c2ccccn2)c(F)n1.Fc1ccnc(-c2[c-]cccc2)c1.[C-]#[N+]c1cc[c-]c(-c2ccccn2)c1.[C-]#[N+]c1ccnc(-c2[c-]cccc2)c1.[Ir].[Ir].[Ir].[Ir].[Ir].[Ir].[c-]1ccccc1-c1ccc2ccccc2n1.[c-]1ccccc1-n1cc2ccccc2n1. The molecule has 19 nitrogen and oxygen atoms in total. The van der Waals surface area contributed by atoms with Gasteiger partial charge < -0.3 is 44.9 Å². The van der Waals surface area contributed by atoms with E-state index in [-0.39, 0.29) is 167 Å². The summed E-state index contributed by atoms with van der Waals surface area (Å²) in [5.41, 5.74) is 12.5. The Balaban J connectivity index is 0.000000699. The normalized spacial score (nSPS) is 9.78. The molecule has 0 atom stereocenters. The van der Waals surface area contributed by atoms with Gasteiger partial charge >= 0.3 is 0 Å². The van der Waals surface area contributed by atoms with E-state index in [0.29, 0.717) is 22.8 Å². The van der Waals surface area contributed by atoms with Crippen molar-refractivity contribution in [2.24, 2.45) is 0 Å². The molecule has 7 aromatic carbocycles. The van der Waals surface area contributed by atoms with Crippen LogP contribution in [-0.4, -0.2) is 87.1 Å². The zero-order valence-electron chi connectivity index (χ0n) is 67.6. The van der Waals surface area contributed by atoms with Crippen LogP contribution in [0.4, 0.5) is 24.5 Å². The van der Waals surface area contributed by atoms with Crippen molar-refractivity contribution in [3.8, 4) is 67.8 Å². The molecule has 0 aliphatic rings. The third-order valence-electron chi connectivity index (χ3n) is 14.8. The molecule has 16 aromatic rings. The Hall–Kier alpha value is -12.2. The molecule has 0 aliphatic heterocycles. The number of nitrogens with zero attached hydrogens (tertiary/aromatic N) is 13. The van der Waals surface area contributed by atoms with Crippen molar-refractivity contribution in [2.75, 3.05) is 0 Å². The number of para-hydroxylation sites is 2. The fraction of sp³-hybridized carbons (Fsp3) is 0.0722. The number of fused-ring (bicyclic) bond motifs is 2. The Morgan fingerprint density at radius 2 is 0.864 bits per heavy atom. The van der Waals surface area contributed by atoms with Crippen molar-refractivity contribution in [3.63, 3.8) is 0 Å². The largest absolute Gasteiger partial charge is 0.512 e. The summed E-state index contributed by atoms with van der Waals surface area (Å²) in [7, 11) is 0. The van der Waals surface area contributed by atoms with Crippen LogP contribution in [0.1, 0.15) is 47.2 Å². The van der Waals surface area contributed by atoms with Gasteiger partial charge in [0.1, 0.15) is 23.4 Å². The van der Waals surface area contributed by atoms with Crippen LogP contribution in [0, 0.1) is 80.4 Å². The van der Waals surface area contributed by atoms with Gasteiger partial charge in [-0.25, -0.2) is 18.0 Å². The first-order valence-corrected chi connectivity index (χ1v) is 36.1. The molecule has 648 valence electrons. The maximum atomic E-state index is 13.1. The molecule has 0 amide bonds. The molecule has 0 unspecified atom stereocenters. The molecule has 0 saturated heterocycles. The van der Waals surface area contributed by atoms with Gasteiger partial charge in [-0.05, 0) is 135 Å². The van der Waals surface area contributed by atoms with Crippen molar-refractivity contribution in [3.05, 3.63) is 428 Å².